The Morgan fingerprint density at radius 2 is 1.61 bits per heavy atom. The van der Waals surface area contributed by atoms with Crippen LogP contribution in [-0.4, -0.2) is 48.4 Å². The molecule has 0 radical (unpaired) electrons. The third-order valence-corrected chi connectivity index (χ3v) is 6.77. The minimum atomic E-state index is -1.06. The molecule has 1 saturated heterocycles. The number of aliphatic carboxylic acids is 1. The van der Waals surface area contributed by atoms with E-state index < -0.39 is 52.0 Å². The number of amidine groups is 1. The Kier molecular flexibility index (Phi) is 10.2. The van der Waals surface area contributed by atoms with E-state index in [0.717, 1.165) is 24.2 Å². The number of aliphatic imine (C=N–C) groups is 1. The smallest absolute Gasteiger partial charge is 0.328 e. The molecule has 4 rings (SSSR count). The predicted molar refractivity (Wildman–Crippen MR) is 152 cm³/mol. The number of carbonyl (C=O) groups is 3. The summed E-state index contributed by atoms with van der Waals surface area (Å²) in [5, 5.41) is 22.4. The molecule has 0 spiro atoms. The molecule has 2 aromatic carbocycles. The molecule has 14 heteroatoms. The van der Waals surface area contributed by atoms with Crippen LogP contribution in [0.4, 0.5) is 10.1 Å². The molecule has 0 saturated carbocycles. The molecule has 3 aromatic rings. The molecule has 1 aliphatic rings. The Morgan fingerprint density at radius 1 is 1.02 bits per heavy atom. The van der Waals surface area contributed by atoms with Crippen molar-refractivity contribution in [3.63, 3.8) is 0 Å². The molecular weight excluding hydrogens is 557 g/mol. The molecule has 0 bridgehead atoms. The standard InChI is InChI=1S/C25H24FN5O5S.C2H4O2/c1-12(2)13-3-5-14(6-4-13)20(19-22(34)29-24(36)30-23(19)35)28-25-31-21(33)17(37-25)11-18(32)27-16-9-7-15(26)8-10-16;1-2(3)4/h3-10,12,17,20H,11H2,1-2H3,(H,27,32)(H,28,31,33)(H3,29,30,34,35,36);1H3,(H,3,4). The van der Waals surface area contributed by atoms with E-state index in [1.807, 2.05) is 26.0 Å². The second-order valence-corrected chi connectivity index (χ2v) is 10.4. The molecule has 6 N–H and O–H groups in total. The number of aromatic hydroxyl groups is 1. The maximum atomic E-state index is 13.1. The van der Waals surface area contributed by atoms with E-state index in [-0.39, 0.29) is 23.1 Å². The Balaban J connectivity index is 0.00000108. The monoisotopic (exact) mass is 585 g/mol. The van der Waals surface area contributed by atoms with Gasteiger partial charge in [0.25, 0.3) is 11.5 Å². The van der Waals surface area contributed by atoms with E-state index in [2.05, 4.69) is 25.6 Å². The van der Waals surface area contributed by atoms with Crippen molar-refractivity contribution in [1.29, 1.82) is 0 Å². The fraction of sp³-hybridized carbons (Fsp3) is 0.259. The van der Waals surface area contributed by atoms with Gasteiger partial charge < -0.3 is 20.8 Å². The van der Waals surface area contributed by atoms with Gasteiger partial charge in [-0.2, -0.15) is 0 Å². The number of halogens is 1. The van der Waals surface area contributed by atoms with Crippen LogP contribution in [0.1, 0.15) is 55.8 Å². The second kappa shape index (κ2) is 13.6. The molecule has 41 heavy (non-hydrogen) atoms. The van der Waals surface area contributed by atoms with E-state index in [0.29, 0.717) is 11.3 Å². The van der Waals surface area contributed by atoms with Crippen LogP contribution < -0.4 is 21.9 Å². The number of hydrogen-bond acceptors (Lipinski definition) is 8. The van der Waals surface area contributed by atoms with Gasteiger partial charge in [-0.15, -0.1) is 0 Å². The van der Waals surface area contributed by atoms with Crippen LogP contribution in [0.3, 0.4) is 0 Å². The quantitative estimate of drug-likeness (QED) is 0.244. The van der Waals surface area contributed by atoms with Gasteiger partial charge in [-0.3, -0.25) is 29.1 Å². The van der Waals surface area contributed by atoms with Gasteiger partial charge in [-0.1, -0.05) is 49.9 Å². The lowest BCUT2D eigenvalue weighted by molar-refractivity contribution is -0.134. The average molecular weight is 586 g/mol. The molecule has 12 nitrogen and oxygen atoms in total. The van der Waals surface area contributed by atoms with E-state index in [4.69, 9.17) is 9.90 Å². The van der Waals surface area contributed by atoms with E-state index in [1.54, 1.807) is 12.1 Å². The van der Waals surface area contributed by atoms with Crippen LogP contribution in [0.2, 0.25) is 0 Å². The molecule has 2 amide bonds. The van der Waals surface area contributed by atoms with Crippen molar-refractivity contribution >= 4 is 40.4 Å². The summed E-state index contributed by atoms with van der Waals surface area (Å²) in [4.78, 5) is 67.0. The lowest BCUT2D eigenvalue weighted by Gasteiger charge is -2.15. The third-order valence-electron chi connectivity index (χ3n) is 5.67. The summed E-state index contributed by atoms with van der Waals surface area (Å²) < 4.78 is 13.1. The summed E-state index contributed by atoms with van der Waals surface area (Å²) in [7, 11) is 0. The first-order valence-corrected chi connectivity index (χ1v) is 13.2. The summed E-state index contributed by atoms with van der Waals surface area (Å²) >= 11 is 1.00. The van der Waals surface area contributed by atoms with Gasteiger partial charge in [-0.05, 0) is 41.3 Å². The number of carboxylic acids is 1. The van der Waals surface area contributed by atoms with Gasteiger partial charge in [0.1, 0.15) is 22.7 Å². The first kappa shape index (κ1) is 30.8. The summed E-state index contributed by atoms with van der Waals surface area (Å²) in [5.41, 5.74) is 0.0809. The van der Waals surface area contributed by atoms with Crippen LogP contribution in [0.15, 0.2) is 63.1 Å². The predicted octanol–water partition coefficient (Wildman–Crippen LogP) is 2.83. The zero-order valence-corrected chi connectivity index (χ0v) is 23.0. The number of carbonyl (C=O) groups excluding carboxylic acids is 2. The number of H-pyrrole nitrogens is 2. The fourth-order valence-corrected chi connectivity index (χ4v) is 4.73. The molecule has 2 heterocycles. The van der Waals surface area contributed by atoms with Crippen molar-refractivity contribution in [3.8, 4) is 5.88 Å². The zero-order chi connectivity index (χ0) is 30.3. The number of benzene rings is 2. The third kappa shape index (κ3) is 8.63. The zero-order valence-electron chi connectivity index (χ0n) is 22.2. The first-order valence-electron chi connectivity index (χ1n) is 12.3. The maximum absolute atomic E-state index is 13.1. The van der Waals surface area contributed by atoms with Crippen molar-refractivity contribution in [3.05, 3.63) is 91.9 Å². The number of aromatic nitrogens is 2. The minimum absolute atomic E-state index is 0.146. The molecule has 216 valence electrons. The fourth-order valence-electron chi connectivity index (χ4n) is 3.74. The Morgan fingerprint density at radius 3 is 2.17 bits per heavy atom. The lowest BCUT2D eigenvalue weighted by atomic mass is 9.96. The number of nitrogens with zero attached hydrogens (tertiary/aromatic N) is 1. The van der Waals surface area contributed by atoms with E-state index in [9.17, 15) is 28.7 Å². The van der Waals surface area contributed by atoms with E-state index >= 15 is 0 Å². The lowest BCUT2D eigenvalue weighted by Crippen LogP contribution is -2.29. The molecule has 2 unspecified atom stereocenters. The van der Waals surface area contributed by atoms with Gasteiger partial charge in [-0.25, -0.2) is 14.2 Å². The highest BCUT2D eigenvalue weighted by molar-refractivity contribution is 8.15. The Hall–Kier alpha value is -4.72. The number of carboxylic acid groups (broad SMARTS) is 1. The highest BCUT2D eigenvalue weighted by atomic mass is 32.2. The van der Waals surface area contributed by atoms with Crippen molar-refractivity contribution in [2.24, 2.45) is 4.99 Å². The number of hydrogen-bond donors (Lipinski definition) is 6. The number of anilines is 1. The number of thioether (sulfide) groups is 1. The molecule has 2 atom stereocenters. The van der Waals surface area contributed by atoms with Gasteiger partial charge in [0, 0.05) is 19.0 Å². The van der Waals surface area contributed by atoms with Crippen LogP contribution in [0, 0.1) is 5.82 Å². The van der Waals surface area contributed by atoms with Crippen molar-refractivity contribution in [2.45, 2.75) is 44.4 Å². The van der Waals surface area contributed by atoms with E-state index in [1.165, 1.54) is 24.3 Å². The molecule has 0 aliphatic carbocycles. The van der Waals surface area contributed by atoms with Gasteiger partial charge in [0.05, 0.1) is 0 Å². The number of aromatic amines is 2. The molecular formula is C27H28FN5O7S. The summed E-state index contributed by atoms with van der Waals surface area (Å²) in [6, 6.07) is 11.4. The van der Waals surface area contributed by atoms with Gasteiger partial charge in [0.2, 0.25) is 17.7 Å². The first-order chi connectivity index (χ1) is 19.3. The Bertz CT molecular complexity index is 1560. The molecule has 1 aliphatic heterocycles. The Labute approximate surface area is 237 Å². The molecule has 1 fully saturated rings. The second-order valence-electron chi connectivity index (χ2n) is 9.20. The van der Waals surface area contributed by atoms with Crippen LogP contribution in [0.25, 0.3) is 0 Å². The van der Waals surface area contributed by atoms with Crippen molar-refractivity contribution < 1.29 is 29.0 Å². The minimum Gasteiger partial charge on any atom is -0.494 e. The maximum Gasteiger partial charge on any atom is 0.328 e. The number of nitrogens with one attached hydrogen (secondary N) is 4. The van der Waals surface area contributed by atoms with Crippen molar-refractivity contribution in [1.82, 2.24) is 15.3 Å². The van der Waals surface area contributed by atoms with Crippen LogP contribution >= 0.6 is 11.8 Å². The molecule has 1 aromatic heterocycles. The van der Waals surface area contributed by atoms with Gasteiger partial charge >= 0.3 is 5.69 Å². The van der Waals surface area contributed by atoms with Crippen LogP contribution in [0.5, 0.6) is 5.88 Å². The highest BCUT2D eigenvalue weighted by Gasteiger charge is 2.34. The highest BCUT2D eigenvalue weighted by Crippen LogP contribution is 2.32. The van der Waals surface area contributed by atoms with Crippen LogP contribution in [-0.2, 0) is 14.4 Å². The number of rotatable bonds is 7. The summed E-state index contributed by atoms with van der Waals surface area (Å²) in [6.07, 6.45) is -0.175. The normalized spacial score (nSPS) is 16.1. The number of amides is 2. The van der Waals surface area contributed by atoms with Crippen molar-refractivity contribution in [2.75, 3.05) is 5.32 Å². The topological polar surface area (TPSA) is 194 Å². The summed E-state index contributed by atoms with van der Waals surface area (Å²) in [5.74, 6) is -2.55. The summed E-state index contributed by atoms with van der Waals surface area (Å²) in [6.45, 7) is 5.14. The SMILES string of the molecule is CC(=O)O.CC(C)c1ccc(C(N=C2NC(=O)C(CC(=O)Nc3ccc(F)cc3)S2)c2c(O)[nH]c(=O)[nH]c2=O)cc1. The largest absolute Gasteiger partial charge is 0.494 e. The van der Waals surface area contributed by atoms with Gasteiger partial charge in [0.15, 0.2) is 5.17 Å². The average Bonchev–Trinajstić information content (AvgIpc) is 3.22.